The maximum atomic E-state index is 11.9. The Bertz CT molecular complexity index is 461. The number of thiazole rings is 1. The van der Waals surface area contributed by atoms with Crippen LogP contribution in [-0.4, -0.2) is 42.5 Å². The average molecular weight is 425 g/mol. The molecule has 0 saturated heterocycles. The largest absolute Gasteiger partial charge is 0.357 e. The number of hydrogen-bond donors (Lipinski definition) is 3. The number of halogens is 1. The van der Waals surface area contributed by atoms with Crippen LogP contribution in [0.5, 0.6) is 0 Å². The molecule has 0 fully saturated rings. The van der Waals surface area contributed by atoms with Gasteiger partial charge in [-0.1, -0.05) is 0 Å². The monoisotopic (exact) mass is 425 g/mol. The lowest BCUT2D eigenvalue weighted by atomic mass is 10.4. The Labute approximate surface area is 147 Å². The van der Waals surface area contributed by atoms with Crippen LogP contribution in [0.15, 0.2) is 10.5 Å². The predicted octanol–water partition coefficient (Wildman–Crippen LogP) is 1.76. The van der Waals surface area contributed by atoms with Crippen LogP contribution < -0.4 is 16.0 Å². The van der Waals surface area contributed by atoms with E-state index in [1.165, 1.54) is 11.3 Å². The maximum Gasteiger partial charge on any atom is 0.263 e. The summed E-state index contributed by atoms with van der Waals surface area (Å²) in [5.74, 6) is 0.688. The maximum absolute atomic E-state index is 11.9. The molecule has 0 aliphatic rings. The minimum absolute atomic E-state index is 0. The molecule has 0 atom stereocenters. The Morgan fingerprint density at radius 1 is 1.43 bits per heavy atom. The molecule has 0 aliphatic carbocycles. The first-order chi connectivity index (χ1) is 9.54. The summed E-state index contributed by atoms with van der Waals surface area (Å²) in [7, 11) is 0. The smallest absolute Gasteiger partial charge is 0.263 e. The third-order valence-electron chi connectivity index (χ3n) is 2.39. The van der Waals surface area contributed by atoms with Crippen LogP contribution in [0.3, 0.4) is 0 Å². The van der Waals surface area contributed by atoms with Gasteiger partial charge in [0.25, 0.3) is 5.91 Å². The number of carbonyl (C=O) groups excluding carboxylic acids is 1. The zero-order valence-corrected chi connectivity index (χ0v) is 16.0. The fraction of sp³-hybridized carbons (Fsp3) is 0.615. The van der Waals surface area contributed by atoms with E-state index in [0.29, 0.717) is 24.0 Å². The van der Waals surface area contributed by atoms with Crippen LogP contribution in [0, 0.1) is 6.92 Å². The minimum atomic E-state index is -0.0815. The van der Waals surface area contributed by atoms with Crippen molar-refractivity contribution < 1.29 is 4.79 Å². The van der Waals surface area contributed by atoms with Gasteiger partial charge >= 0.3 is 0 Å². The highest BCUT2D eigenvalue weighted by Gasteiger charge is 2.10. The van der Waals surface area contributed by atoms with Crippen molar-refractivity contribution in [2.24, 2.45) is 4.99 Å². The van der Waals surface area contributed by atoms with Crippen LogP contribution in [0.25, 0.3) is 0 Å². The highest BCUT2D eigenvalue weighted by atomic mass is 127. The molecule has 0 unspecified atom stereocenters. The van der Waals surface area contributed by atoms with Crippen LogP contribution in [0.4, 0.5) is 0 Å². The van der Waals surface area contributed by atoms with Crippen molar-refractivity contribution in [3.05, 3.63) is 16.1 Å². The van der Waals surface area contributed by atoms with Gasteiger partial charge in [0.15, 0.2) is 5.96 Å². The first-order valence-corrected chi connectivity index (χ1v) is 7.65. The normalized spacial score (nSPS) is 11.0. The molecule has 0 radical (unpaired) electrons. The van der Waals surface area contributed by atoms with E-state index in [0.717, 1.165) is 18.2 Å². The van der Waals surface area contributed by atoms with Gasteiger partial charge in [-0.2, -0.15) is 0 Å². The number of aryl methyl sites for hydroxylation is 1. The molecule has 1 amide bonds. The van der Waals surface area contributed by atoms with E-state index in [1.54, 1.807) is 5.51 Å². The predicted molar refractivity (Wildman–Crippen MR) is 98.8 cm³/mol. The lowest BCUT2D eigenvalue weighted by molar-refractivity contribution is 0.0958. The number of aliphatic imine (C=N–C) groups is 1. The highest BCUT2D eigenvalue weighted by Crippen LogP contribution is 2.11. The van der Waals surface area contributed by atoms with Gasteiger partial charge in [0, 0.05) is 19.1 Å². The van der Waals surface area contributed by atoms with Crippen molar-refractivity contribution in [3.8, 4) is 0 Å². The number of amides is 1. The summed E-state index contributed by atoms with van der Waals surface area (Å²) >= 11 is 1.35. The number of aromatic nitrogens is 1. The number of hydrogen-bond acceptors (Lipinski definition) is 4. The lowest BCUT2D eigenvalue weighted by Crippen LogP contribution is -2.41. The first-order valence-electron chi connectivity index (χ1n) is 6.77. The summed E-state index contributed by atoms with van der Waals surface area (Å²) < 4.78 is 0. The second-order valence-corrected chi connectivity index (χ2v) is 5.44. The summed E-state index contributed by atoms with van der Waals surface area (Å²) in [6, 6.07) is 0.322. The second kappa shape index (κ2) is 10.8. The summed E-state index contributed by atoms with van der Waals surface area (Å²) in [5.41, 5.74) is 2.45. The molecule has 1 heterocycles. The van der Waals surface area contributed by atoms with Gasteiger partial charge in [-0.25, -0.2) is 4.98 Å². The SMILES string of the molecule is CCNC(=NCCNC(=O)c1scnc1C)NC(C)C.I. The molecule has 0 saturated carbocycles. The Morgan fingerprint density at radius 3 is 2.67 bits per heavy atom. The number of guanidine groups is 1. The topological polar surface area (TPSA) is 78.4 Å². The van der Waals surface area contributed by atoms with Crippen molar-refractivity contribution >= 4 is 47.2 Å². The van der Waals surface area contributed by atoms with Crippen molar-refractivity contribution in [1.82, 2.24) is 20.9 Å². The third-order valence-corrected chi connectivity index (χ3v) is 3.32. The molecule has 3 N–H and O–H groups in total. The molecular weight excluding hydrogens is 401 g/mol. The molecule has 0 spiro atoms. The summed E-state index contributed by atoms with van der Waals surface area (Å²) in [6.45, 7) is 9.81. The van der Waals surface area contributed by atoms with Gasteiger partial charge in [0.1, 0.15) is 4.88 Å². The highest BCUT2D eigenvalue weighted by molar-refractivity contribution is 14.0. The second-order valence-electron chi connectivity index (χ2n) is 4.58. The fourth-order valence-electron chi connectivity index (χ4n) is 1.53. The van der Waals surface area contributed by atoms with Crippen molar-refractivity contribution in [2.75, 3.05) is 19.6 Å². The molecule has 8 heteroatoms. The Balaban J connectivity index is 0.00000400. The minimum Gasteiger partial charge on any atom is -0.357 e. The molecule has 1 rings (SSSR count). The van der Waals surface area contributed by atoms with Crippen LogP contribution in [0.1, 0.15) is 36.1 Å². The van der Waals surface area contributed by atoms with Crippen LogP contribution in [0.2, 0.25) is 0 Å². The van der Waals surface area contributed by atoms with Gasteiger partial charge < -0.3 is 16.0 Å². The van der Waals surface area contributed by atoms with E-state index >= 15 is 0 Å². The van der Waals surface area contributed by atoms with E-state index in [4.69, 9.17) is 0 Å². The summed E-state index contributed by atoms with van der Waals surface area (Å²) in [4.78, 5) is 21.0. The van der Waals surface area contributed by atoms with Crippen molar-refractivity contribution in [3.63, 3.8) is 0 Å². The van der Waals surface area contributed by atoms with Gasteiger partial charge in [-0.15, -0.1) is 35.3 Å². The zero-order valence-electron chi connectivity index (χ0n) is 12.9. The number of carbonyl (C=O) groups is 1. The molecule has 0 bridgehead atoms. The van der Waals surface area contributed by atoms with Crippen molar-refractivity contribution in [2.45, 2.75) is 33.7 Å². The lowest BCUT2D eigenvalue weighted by Gasteiger charge is -2.13. The van der Waals surface area contributed by atoms with E-state index in [-0.39, 0.29) is 29.9 Å². The summed E-state index contributed by atoms with van der Waals surface area (Å²) in [5, 5.41) is 9.23. The molecular formula is C13H24IN5OS. The molecule has 1 aromatic rings. The van der Waals surface area contributed by atoms with Gasteiger partial charge in [0.05, 0.1) is 17.7 Å². The molecule has 120 valence electrons. The fourth-order valence-corrected chi connectivity index (χ4v) is 2.25. The van der Waals surface area contributed by atoms with Crippen LogP contribution >= 0.6 is 35.3 Å². The Kier molecular flexibility index (Phi) is 10.3. The molecule has 0 aromatic carbocycles. The molecule has 21 heavy (non-hydrogen) atoms. The zero-order chi connectivity index (χ0) is 15.0. The Morgan fingerprint density at radius 2 is 2.14 bits per heavy atom. The van der Waals surface area contributed by atoms with E-state index in [1.807, 2.05) is 13.8 Å². The summed E-state index contributed by atoms with van der Waals surface area (Å²) in [6.07, 6.45) is 0. The quantitative estimate of drug-likeness (QED) is 0.281. The van der Waals surface area contributed by atoms with E-state index < -0.39 is 0 Å². The van der Waals surface area contributed by atoms with Gasteiger partial charge in [-0.3, -0.25) is 9.79 Å². The number of nitrogens with one attached hydrogen (secondary N) is 3. The number of nitrogens with zero attached hydrogens (tertiary/aromatic N) is 2. The first kappa shape index (κ1) is 20.1. The standard InChI is InChI=1S/C13H23N5OS.HI/c1-5-14-13(18-9(2)3)16-7-6-15-12(19)11-10(4)17-8-20-11;/h8-9H,5-7H2,1-4H3,(H,15,19)(H2,14,16,18);1H. The van der Waals surface area contributed by atoms with Crippen molar-refractivity contribution in [1.29, 1.82) is 0 Å². The molecule has 6 nitrogen and oxygen atoms in total. The van der Waals surface area contributed by atoms with Gasteiger partial charge in [0.2, 0.25) is 0 Å². The van der Waals surface area contributed by atoms with Crippen LogP contribution in [-0.2, 0) is 0 Å². The molecule has 0 aliphatic heterocycles. The third kappa shape index (κ3) is 7.60. The number of rotatable bonds is 6. The van der Waals surface area contributed by atoms with E-state index in [2.05, 4.69) is 39.8 Å². The van der Waals surface area contributed by atoms with Gasteiger partial charge in [-0.05, 0) is 27.7 Å². The molecule has 1 aromatic heterocycles. The Hall–Kier alpha value is -0.900. The average Bonchev–Trinajstić information content (AvgIpc) is 2.80. The van der Waals surface area contributed by atoms with E-state index in [9.17, 15) is 4.79 Å².